The van der Waals surface area contributed by atoms with Crippen LogP contribution < -0.4 is 0 Å². The van der Waals surface area contributed by atoms with Gasteiger partial charge in [0.05, 0.1) is 16.5 Å². The minimum absolute atomic E-state index is 0.0933. The maximum absolute atomic E-state index is 12.4. The number of pyridine rings is 1. The second-order valence-electron chi connectivity index (χ2n) is 2.39. The van der Waals surface area contributed by atoms with Crippen molar-refractivity contribution in [3.8, 4) is 6.07 Å². The Bertz CT molecular complexity index is 388. The van der Waals surface area contributed by atoms with Gasteiger partial charge >= 0.3 is 0 Å². The Morgan fingerprint density at radius 3 is 2.64 bits per heavy atom. The lowest BCUT2D eigenvalue weighted by molar-refractivity contribution is 0.145. The van der Waals surface area contributed by atoms with Gasteiger partial charge in [0.25, 0.3) is 6.43 Å². The molecule has 0 N–H and O–H groups in total. The van der Waals surface area contributed by atoms with E-state index in [-0.39, 0.29) is 22.0 Å². The molecule has 0 aliphatic rings. The molecule has 0 radical (unpaired) electrons. The van der Waals surface area contributed by atoms with E-state index in [9.17, 15) is 8.78 Å². The Balaban J connectivity index is 3.43. The zero-order valence-corrected chi connectivity index (χ0v) is 8.28. The number of nitriles is 1. The highest BCUT2D eigenvalue weighted by Gasteiger charge is 2.19. The van der Waals surface area contributed by atoms with Gasteiger partial charge in [-0.1, -0.05) is 11.6 Å². The van der Waals surface area contributed by atoms with Gasteiger partial charge in [0.15, 0.2) is 0 Å². The maximum Gasteiger partial charge on any atom is 0.281 e. The molecular weight excluding hydrogens is 233 g/mol. The van der Waals surface area contributed by atoms with Gasteiger partial charge in [-0.2, -0.15) is 5.26 Å². The molecule has 1 rings (SSSR count). The van der Waals surface area contributed by atoms with Crippen molar-refractivity contribution < 1.29 is 8.78 Å². The summed E-state index contributed by atoms with van der Waals surface area (Å²) in [5.41, 5.74) is -0.615. The average molecular weight is 237 g/mol. The van der Waals surface area contributed by atoms with Crippen LogP contribution in [0.5, 0.6) is 0 Å². The molecule has 0 amide bonds. The van der Waals surface area contributed by atoms with Gasteiger partial charge < -0.3 is 0 Å². The lowest BCUT2D eigenvalue weighted by atomic mass is 10.1. The van der Waals surface area contributed by atoms with Crippen molar-refractivity contribution in [1.29, 1.82) is 5.26 Å². The summed E-state index contributed by atoms with van der Waals surface area (Å²) in [6, 6.07) is 1.63. The quantitative estimate of drug-likeness (QED) is 0.740. The number of rotatable bonds is 2. The van der Waals surface area contributed by atoms with E-state index in [1.807, 2.05) is 0 Å². The van der Waals surface area contributed by atoms with Crippen molar-refractivity contribution in [2.75, 3.05) is 0 Å². The normalized spacial score (nSPS) is 10.3. The summed E-state index contributed by atoms with van der Waals surface area (Å²) < 4.78 is 24.7. The van der Waals surface area contributed by atoms with Gasteiger partial charge in [-0.25, -0.2) is 8.78 Å². The van der Waals surface area contributed by atoms with Crippen molar-refractivity contribution in [3.05, 3.63) is 28.0 Å². The van der Waals surface area contributed by atoms with E-state index in [1.54, 1.807) is 6.07 Å². The monoisotopic (exact) mass is 236 g/mol. The highest BCUT2D eigenvalue weighted by molar-refractivity contribution is 6.32. The summed E-state index contributed by atoms with van der Waals surface area (Å²) in [6.07, 6.45) is -1.73. The van der Waals surface area contributed by atoms with E-state index >= 15 is 0 Å². The third kappa shape index (κ3) is 1.94. The molecule has 0 atom stereocenters. The number of nitrogens with zero attached hydrogens (tertiary/aromatic N) is 2. The van der Waals surface area contributed by atoms with Crippen LogP contribution in [0.1, 0.15) is 23.2 Å². The van der Waals surface area contributed by atoms with E-state index in [4.69, 9.17) is 28.5 Å². The van der Waals surface area contributed by atoms with Crippen molar-refractivity contribution in [2.45, 2.75) is 12.3 Å². The van der Waals surface area contributed by atoms with Crippen molar-refractivity contribution in [3.63, 3.8) is 0 Å². The summed E-state index contributed by atoms with van der Waals surface area (Å²) in [6.45, 7) is 0. The first kappa shape index (κ1) is 11.2. The first-order valence-electron chi connectivity index (χ1n) is 3.53. The SMILES string of the molecule is N#Cc1c(C(F)F)ncc(Cl)c1CCl. The minimum atomic E-state index is -2.80. The van der Waals surface area contributed by atoms with Crippen LogP contribution in [-0.2, 0) is 5.88 Å². The van der Waals surface area contributed by atoms with Crippen LogP contribution in [0.25, 0.3) is 0 Å². The molecule has 14 heavy (non-hydrogen) atoms. The number of halogens is 4. The molecule has 0 saturated heterocycles. The Morgan fingerprint density at radius 2 is 2.21 bits per heavy atom. The predicted molar refractivity (Wildman–Crippen MR) is 48.5 cm³/mol. The number of hydrogen-bond donors (Lipinski definition) is 0. The fourth-order valence-electron chi connectivity index (χ4n) is 0.964. The number of alkyl halides is 3. The Labute approximate surface area is 89.1 Å². The molecule has 1 aromatic heterocycles. The molecule has 0 bridgehead atoms. The fraction of sp³-hybridized carbons (Fsp3) is 0.250. The third-order valence-electron chi connectivity index (χ3n) is 1.62. The Hall–Kier alpha value is -0.920. The fourth-order valence-corrected chi connectivity index (χ4v) is 1.52. The smallest absolute Gasteiger partial charge is 0.252 e. The second-order valence-corrected chi connectivity index (χ2v) is 3.07. The van der Waals surface area contributed by atoms with E-state index in [0.29, 0.717) is 0 Å². The highest BCUT2D eigenvalue weighted by Crippen LogP contribution is 2.28. The van der Waals surface area contributed by atoms with Crippen molar-refractivity contribution in [1.82, 2.24) is 4.98 Å². The van der Waals surface area contributed by atoms with Crippen molar-refractivity contribution >= 4 is 23.2 Å². The van der Waals surface area contributed by atoms with E-state index in [0.717, 1.165) is 6.20 Å². The summed E-state index contributed by atoms with van der Waals surface area (Å²) in [4.78, 5) is 3.39. The average Bonchev–Trinajstić information content (AvgIpc) is 2.16. The van der Waals surface area contributed by atoms with Crippen LogP contribution in [0.4, 0.5) is 8.78 Å². The Kier molecular flexibility index (Phi) is 3.62. The van der Waals surface area contributed by atoms with Gasteiger partial charge in [-0.05, 0) is 0 Å². The van der Waals surface area contributed by atoms with E-state index in [1.165, 1.54) is 0 Å². The molecule has 1 aromatic rings. The summed E-state index contributed by atoms with van der Waals surface area (Å²) >= 11 is 11.1. The Morgan fingerprint density at radius 1 is 1.57 bits per heavy atom. The first-order valence-corrected chi connectivity index (χ1v) is 4.44. The van der Waals surface area contributed by atoms with Crippen LogP contribution in [0.2, 0.25) is 5.02 Å². The van der Waals surface area contributed by atoms with Gasteiger partial charge in [-0.3, -0.25) is 4.98 Å². The van der Waals surface area contributed by atoms with E-state index in [2.05, 4.69) is 4.98 Å². The second kappa shape index (κ2) is 4.54. The predicted octanol–water partition coefficient (Wildman–Crippen LogP) is 3.28. The largest absolute Gasteiger partial charge is 0.281 e. The molecule has 2 nitrogen and oxygen atoms in total. The van der Waals surface area contributed by atoms with Crippen LogP contribution in [0.3, 0.4) is 0 Å². The van der Waals surface area contributed by atoms with Crippen LogP contribution >= 0.6 is 23.2 Å². The molecular formula is C8H4Cl2F2N2. The lowest BCUT2D eigenvalue weighted by Crippen LogP contribution is -2.00. The minimum Gasteiger partial charge on any atom is -0.252 e. The van der Waals surface area contributed by atoms with E-state index < -0.39 is 12.1 Å². The molecule has 0 aliphatic heterocycles. The molecule has 0 spiro atoms. The van der Waals surface area contributed by atoms with Gasteiger partial charge in [-0.15, -0.1) is 11.6 Å². The third-order valence-corrected chi connectivity index (χ3v) is 2.21. The summed E-state index contributed by atoms with van der Waals surface area (Å²) in [5.74, 6) is -0.0933. The van der Waals surface area contributed by atoms with Gasteiger partial charge in [0.1, 0.15) is 11.8 Å². The summed E-state index contributed by atoms with van der Waals surface area (Å²) in [5, 5.41) is 8.79. The molecule has 6 heteroatoms. The maximum atomic E-state index is 12.4. The molecule has 74 valence electrons. The first-order chi connectivity index (χ1) is 6.61. The van der Waals surface area contributed by atoms with Crippen LogP contribution in [0.15, 0.2) is 6.20 Å². The topological polar surface area (TPSA) is 36.7 Å². The van der Waals surface area contributed by atoms with Gasteiger partial charge in [0.2, 0.25) is 0 Å². The zero-order chi connectivity index (χ0) is 10.7. The zero-order valence-electron chi connectivity index (χ0n) is 6.77. The molecule has 0 unspecified atom stereocenters. The summed E-state index contributed by atoms with van der Waals surface area (Å²) in [7, 11) is 0. The van der Waals surface area contributed by atoms with Crippen LogP contribution in [0, 0.1) is 11.3 Å². The molecule has 0 saturated carbocycles. The lowest BCUT2D eigenvalue weighted by Gasteiger charge is -2.06. The number of hydrogen-bond acceptors (Lipinski definition) is 2. The molecule has 0 aromatic carbocycles. The van der Waals surface area contributed by atoms with Gasteiger partial charge in [0, 0.05) is 11.8 Å². The highest BCUT2D eigenvalue weighted by atomic mass is 35.5. The number of aromatic nitrogens is 1. The molecule has 0 fully saturated rings. The standard InChI is InChI=1S/C8H4Cl2F2N2/c9-1-4-5(2-13)7(8(11)12)14-3-6(4)10/h3,8H,1H2. The molecule has 1 heterocycles. The van der Waals surface area contributed by atoms with Crippen molar-refractivity contribution in [2.24, 2.45) is 0 Å². The van der Waals surface area contributed by atoms with Crippen LogP contribution in [-0.4, -0.2) is 4.98 Å². The molecule has 0 aliphatic carbocycles.